The lowest BCUT2D eigenvalue weighted by molar-refractivity contribution is 0.435. The summed E-state index contributed by atoms with van der Waals surface area (Å²) < 4.78 is 32.1. The minimum Gasteiger partial charge on any atom is -0.453 e. The summed E-state index contributed by atoms with van der Waals surface area (Å²) in [5.74, 6) is -1.30. The normalized spacial score (nSPS) is 10.3. The van der Waals surface area contributed by atoms with Crippen LogP contribution in [-0.2, 0) is 0 Å². The van der Waals surface area contributed by atoms with Crippen LogP contribution in [0.5, 0.6) is 11.5 Å². The summed E-state index contributed by atoms with van der Waals surface area (Å²) in [6.45, 7) is 0. The molecule has 0 bridgehead atoms. The fraction of sp³-hybridized carbons (Fsp3) is 0. The lowest BCUT2D eigenvalue weighted by atomic mass is 10.2. The van der Waals surface area contributed by atoms with Crippen LogP contribution < -0.4 is 10.5 Å². The van der Waals surface area contributed by atoms with Gasteiger partial charge in [0.05, 0.1) is 4.47 Å². The molecule has 0 spiro atoms. The second kappa shape index (κ2) is 5.36. The van der Waals surface area contributed by atoms with Crippen molar-refractivity contribution in [2.75, 3.05) is 5.73 Å². The van der Waals surface area contributed by atoms with Crippen molar-refractivity contribution in [1.82, 2.24) is 0 Å². The second-order valence-corrected chi connectivity index (χ2v) is 4.59. The Morgan fingerprint density at radius 2 is 1.89 bits per heavy atom. The Balaban J connectivity index is 2.40. The van der Waals surface area contributed by atoms with Gasteiger partial charge in [0.25, 0.3) is 0 Å². The van der Waals surface area contributed by atoms with E-state index in [4.69, 9.17) is 15.9 Å². The number of nitrogens with one attached hydrogen (secondary N) is 1. The Hall–Kier alpha value is -1.95. The smallest absolute Gasteiger partial charge is 0.168 e. The minimum absolute atomic E-state index is 0.109. The quantitative estimate of drug-likeness (QED) is 0.659. The number of ether oxygens (including phenoxy) is 1. The van der Waals surface area contributed by atoms with Gasteiger partial charge in [-0.15, -0.1) is 0 Å². The van der Waals surface area contributed by atoms with E-state index >= 15 is 0 Å². The largest absolute Gasteiger partial charge is 0.453 e. The number of halogens is 3. The molecule has 0 aliphatic rings. The van der Waals surface area contributed by atoms with E-state index in [2.05, 4.69) is 15.9 Å². The maximum Gasteiger partial charge on any atom is 0.168 e. The number of nitrogen functional groups attached to an aromatic ring is 1. The summed E-state index contributed by atoms with van der Waals surface area (Å²) in [4.78, 5) is 0. The van der Waals surface area contributed by atoms with Crippen LogP contribution in [0.1, 0.15) is 5.56 Å². The predicted octanol–water partition coefficient (Wildman–Crippen LogP) is 4.10. The molecule has 98 valence electrons. The molecule has 0 unspecified atom stereocenters. The van der Waals surface area contributed by atoms with Crippen LogP contribution in [0.25, 0.3) is 0 Å². The molecule has 0 amide bonds. The number of anilines is 1. The Morgan fingerprint density at radius 3 is 2.53 bits per heavy atom. The number of hydrogen-bond acceptors (Lipinski definition) is 3. The molecular weight excluding hydrogens is 318 g/mol. The SMILES string of the molecule is N=Cc1cc(Oc2ccc(F)cc2F)c(Br)cc1N. The molecule has 0 atom stereocenters. The average molecular weight is 327 g/mol. The predicted molar refractivity (Wildman–Crippen MR) is 72.9 cm³/mol. The van der Waals surface area contributed by atoms with Crippen molar-refractivity contribution in [3.63, 3.8) is 0 Å². The molecule has 2 aromatic rings. The monoisotopic (exact) mass is 326 g/mol. The summed E-state index contributed by atoms with van der Waals surface area (Å²) in [6.07, 6.45) is 1.07. The number of nitrogens with two attached hydrogens (primary N) is 1. The first-order valence-corrected chi connectivity index (χ1v) is 6.03. The highest BCUT2D eigenvalue weighted by atomic mass is 79.9. The molecule has 0 radical (unpaired) electrons. The first-order chi connectivity index (χ1) is 9.01. The van der Waals surface area contributed by atoms with Gasteiger partial charge in [0.2, 0.25) is 0 Å². The Labute approximate surface area is 116 Å². The van der Waals surface area contributed by atoms with E-state index in [1.807, 2.05) is 0 Å². The molecule has 0 aliphatic heterocycles. The molecule has 19 heavy (non-hydrogen) atoms. The first-order valence-electron chi connectivity index (χ1n) is 5.23. The van der Waals surface area contributed by atoms with Gasteiger partial charge in [-0.25, -0.2) is 8.78 Å². The molecule has 3 nitrogen and oxygen atoms in total. The fourth-order valence-electron chi connectivity index (χ4n) is 1.46. The van der Waals surface area contributed by atoms with Crippen molar-refractivity contribution in [3.8, 4) is 11.5 Å². The third kappa shape index (κ3) is 2.90. The van der Waals surface area contributed by atoms with Crippen LogP contribution in [0.2, 0.25) is 0 Å². The van der Waals surface area contributed by atoms with Gasteiger partial charge in [0.1, 0.15) is 11.6 Å². The molecule has 2 rings (SSSR count). The van der Waals surface area contributed by atoms with Gasteiger partial charge in [0.15, 0.2) is 11.6 Å². The van der Waals surface area contributed by atoms with Crippen LogP contribution >= 0.6 is 15.9 Å². The number of benzene rings is 2. The number of hydrogen-bond donors (Lipinski definition) is 2. The number of rotatable bonds is 3. The minimum atomic E-state index is -0.805. The van der Waals surface area contributed by atoms with Gasteiger partial charge in [-0.3, -0.25) is 0 Å². The van der Waals surface area contributed by atoms with Crippen molar-refractivity contribution in [3.05, 3.63) is 52.0 Å². The van der Waals surface area contributed by atoms with Gasteiger partial charge in [-0.1, -0.05) is 0 Å². The molecule has 0 aliphatic carbocycles. The zero-order chi connectivity index (χ0) is 14.0. The van der Waals surface area contributed by atoms with E-state index < -0.39 is 11.6 Å². The Kier molecular flexibility index (Phi) is 3.80. The van der Waals surface area contributed by atoms with Crippen molar-refractivity contribution in [1.29, 1.82) is 5.41 Å². The Morgan fingerprint density at radius 1 is 1.16 bits per heavy atom. The van der Waals surface area contributed by atoms with Crippen molar-refractivity contribution in [2.45, 2.75) is 0 Å². The molecule has 0 heterocycles. The van der Waals surface area contributed by atoms with Gasteiger partial charge in [0, 0.05) is 23.5 Å². The highest BCUT2D eigenvalue weighted by Gasteiger charge is 2.10. The van der Waals surface area contributed by atoms with E-state index in [-0.39, 0.29) is 5.75 Å². The molecule has 0 aromatic heterocycles. The first kappa shape index (κ1) is 13.5. The third-order valence-electron chi connectivity index (χ3n) is 2.41. The van der Waals surface area contributed by atoms with Gasteiger partial charge >= 0.3 is 0 Å². The van der Waals surface area contributed by atoms with Gasteiger partial charge < -0.3 is 15.9 Å². The summed E-state index contributed by atoms with van der Waals surface area (Å²) >= 11 is 3.23. The average Bonchev–Trinajstić information content (AvgIpc) is 2.35. The maximum atomic E-state index is 13.5. The highest BCUT2D eigenvalue weighted by Crippen LogP contribution is 2.34. The fourth-order valence-corrected chi connectivity index (χ4v) is 1.91. The maximum absolute atomic E-state index is 13.5. The van der Waals surface area contributed by atoms with Crippen molar-refractivity contribution < 1.29 is 13.5 Å². The lowest BCUT2D eigenvalue weighted by Gasteiger charge is -2.11. The van der Waals surface area contributed by atoms with Crippen molar-refractivity contribution >= 4 is 27.8 Å². The zero-order valence-electron chi connectivity index (χ0n) is 9.58. The van der Waals surface area contributed by atoms with Crippen LogP contribution in [0.15, 0.2) is 34.8 Å². The second-order valence-electron chi connectivity index (χ2n) is 3.73. The summed E-state index contributed by atoms with van der Waals surface area (Å²) in [6, 6.07) is 6.07. The van der Waals surface area contributed by atoms with Crippen LogP contribution in [-0.4, -0.2) is 6.21 Å². The topological polar surface area (TPSA) is 59.1 Å². The molecule has 2 aromatic carbocycles. The van der Waals surface area contributed by atoms with Crippen molar-refractivity contribution in [2.24, 2.45) is 0 Å². The molecule has 3 N–H and O–H groups in total. The van der Waals surface area contributed by atoms with Crippen LogP contribution in [0.4, 0.5) is 14.5 Å². The molecule has 0 saturated heterocycles. The zero-order valence-corrected chi connectivity index (χ0v) is 11.2. The molecule has 0 saturated carbocycles. The molecular formula is C13H9BrF2N2O. The van der Waals surface area contributed by atoms with E-state index in [9.17, 15) is 8.78 Å². The molecule has 0 fully saturated rings. The third-order valence-corrected chi connectivity index (χ3v) is 3.03. The van der Waals surface area contributed by atoms with Gasteiger partial charge in [-0.2, -0.15) is 0 Å². The molecule has 6 heteroatoms. The van der Waals surface area contributed by atoms with Gasteiger partial charge in [-0.05, 0) is 40.2 Å². The summed E-state index contributed by atoms with van der Waals surface area (Å²) in [7, 11) is 0. The van der Waals surface area contributed by atoms with Crippen LogP contribution in [0, 0.1) is 17.0 Å². The van der Waals surface area contributed by atoms with E-state index in [0.29, 0.717) is 21.5 Å². The van der Waals surface area contributed by atoms with E-state index in [0.717, 1.165) is 18.3 Å². The van der Waals surface area contributed by atoms with E-state index in [1.165, 1.54) is 12.1 Å². The van der Waals surface area contributed by atoms with Crippen LogP contribution in [0.3, 0.4) is 0 Å². The van der Waals surface area contributed by atoms with E-state index in [1.54, 1.807) is 6.07 Å². The Bertz CT molecular complexity index is 647. The summed E-state index contributed by atoms with van der Waals surface area (Å²) in [5.41, 5.74) is 6.53. The standard InChI is InChI=1S/C13H9BrF2N2O/c14-9-5-11(18)7(6-17)3-13(9)19-12-2-1-8(15)4-10(12)16/h1-6,17H,18H2. The lowest BCUT2D eigenvalue weighted by Crippen LogP contribution is -1.96. The highest BCUT2D eigenvalue weighted by molar-refractivity contribution is 9.10. The summed E-state index contributed by atoms with van der Waals surface area (Å²) in [5, 5.41) is 7.20.